The summed E-state index contributed by atoms with van der Waals surface area (Å²) in [5, 5.41) is 16.0. The number of carbonyl (C=O) groups is 1. The number of ether oxygens (including phenoxy) is 1. The summed E-state index contributed by atoms with van der Waals surface area (Å²) in [4.78, 5) is 18.3. The van der Waals surface area contributed by atoms with Crippen LogP contribution in [0.4, 0.5) is 0 Å². The predicted molar refractivity (Wildman–Crippen MR) is 114 cm³/mol. The van der Waals surface area contributed by atoms with E-state index >= 15 is 0 Å². The first-order valence-corrected chi connectivity index (χ1v) is 9.62. The van der Waals surface area contributed by atoms with Gasteiger partial charge in [0, 0.05) is 39.7 Å². The quantitative estimate of drug-likeness (QED) is 0.261. The van der Waals surface area contributed by atoms with Gasteiger partial charge in [-0.05, 0) is 44.4 Å². The van der Waals surface area contributed by atoms with Crippen molar-refractivity contribution in [2.24, 2.45) is 16.8 Å². The molecule has 1 amide bonds. The Labute approximate surface area is 174 Å². The lowest BCUT2D eigenvalue weighted by Crippen LogP contribution is -2.46. The second-order valence-corrected chi connectivity index (χ2v) is 7.14. The average Bonchev–Trinajstić information content (AvgIpc) is 3.43. The standard InChI is InChI=1S/C18H34N4O3.HI/c1-3-20-18(21-11-16(23)13-25-12-15-4-5-15)22-8-6-14(7-9-22)10-17(24)19-2;/h14-16,23H,3-13H2,1-2H3,(H,19,24)(H,20,21);1H. The predicted octanol–water partition coefficient (Wildman–Crippen LogP) is 1.21. The van der Waals surface area contributed by atoms with E-state index in [2.05, 4.69) is 20.5 Å². The Morgan fingerprint density at radius 1 is 1.27 bits per heavy atom. The number of amides is 1. The zero-order valence-electron chi connectivity index (χ0n) is 16.1. The maximum absolute atomic E-state index is 11.5. The van der Waals surface area contributed by atoms with Crippen molar-refractivity contribution >= 4 is 35.8 Å². The molecule has 2 aliphatic rings. The van der Waals surface area contributed by atoms with Crippen LogP contribution >= 0.6 is 24.0 Å². The van der Waals surface area contributed by atoms with Crippen molar-refractivity contribution in [3.8, 4) is 0 Å². The van der Waals surface area contributed by atoms with Gasteiger partial charge in [0.05, 0.1) is 19.3 Å². The highest BCUT2D eigenvalue weighted by Crippen LogP contribution is 2.28. The van der Waals surface area contributed by atoms with Gasteiger partial charge in [-0.2, -0.15) is 0 Å². The lowest BCUT2D eigenvalue weighted by Gasteiger charge is -2.34. The van der Waals surface area contributed by atoms with Crippen molar-refractivity contribution in [2.45, 2.75) is 45.1 Å². The molecular weight excluding hydrogens is 447 g/mol. The lowest BCUT2D eigenvalue weighted by molar-refractivity contribution is -0.121. The van der Waals surface area contributed by atoms with Crippen LogP contribution in [0.5, 0.6) is 0 Å². The minimum atomic E-state index is -0.557. The maximum Gasteiger partial charge on any atom is 0.220 e. The number of aliphatic imine (C=N–C) groups is 1. The number of halogens is 1. The molecule has 1 unspecified atom stereocenters. The molecule has 0 radical (unpaired) electrons. The van der Waals surface area contributed by atoms with Crippen LogP contribution in [0.15, 0.2) is 4.99 Å². The van der Waals surface area contributed by atoms with Gasteiger partial charge in [0.25, 0.3) is 0 Å². The Balaban J connectivity index is 0.00000338. The minimum Gasteiger partial charge on any atom is -0.389 e. The molecule has 1 heterocycles. The molecule has 1 aliphatic heterocycles. The molecule has 7 nitrogen and oxygen atoms in total. The summed E-state index contributed by atoms with van der Waals surface area (Å²) in [6.07, 6.45) is 4.55. The lowest BCUT2D eigenvalue weighted by atomic mass is 9.93. The minimum absolute atomic E-state index is 0. The summed E-state index contributed by atoms with van der Waals surface area (Å²) in [6, 6.07) is 0. The van der Waals surface area contributed by atoms with Crippen LogP contribution < -0.4 is 10.6 Å². The molecule has 0 aromatic rings. The molecule has 1 saturated carbocycles. The summed E-state index contributed by atoms with van der Waals surface area (Å²) < 4.78 is 5.53. The zero-order chi connectivity index (χ0) is 18.1. The van der Waals surface area contributed by atoms with E-state index in [0.717, 1.165) is 45.0 Å². The summed E-state index contributed by atoms with van der Waals surface area (Å²) in [6.45, 7) is 6.09. The van der Waals surface area contributed by atoms with Crippen molar-refractivity contribution in [2.75, 3.05) is 46.4 Å². The van der Waals surface area contributed by atoms with Gasteiger partial charge in [0.1, 0.15) is 0 Å². The molecule has 0 aromatic heterocycles. The molecule has 1 saturated heterocycles. The second-order valence-electron chi connectivity index (χ2n) is 7.14. The van der Waals surface area contributed by atoms with Crippen LogP contribution in [0, 0.1) is 11.8 Å². The number of rotatable bonds is 9. The number of nitrogens with one attached hydrogen (secondary N) is 2. The SMILES string of the molecule is CCNC(=NCC(O)COCC1CC1)N1CCC(CC(=O)NC)CC1.I. The van der Waals surface area contributed by atoms with Crippen LogP contribution in [0.3, 0.4) is 0 Å². The van der Waals surface area contributed by atoms with Gasteiger partial charge in [0.2, 0.25) is 5.91 Å². The van der Waals surface area contributed by atoms with Gasteiger partial charge < -0.3 is 25.4 Å². The third kappa shape index (κ3) is 8.85. The van der Waals surface area contributed by atoms with Gasteiger partial charge >= 0.3 is 0 Å². The Kier molecular flexibility index (Phi) is 11.5. The number of piperidine rings is 1. The second kappa shape index (κ2) is 12.7. The normalized spacial score (nSPS) is 19.7. The summed E-state index contributed by atoms with van der Waals surface area (Å²) in [7, 11) is 1.69. The number of aliphatic hydroxyl groups excluding tert-OH is 1. The fraction of sp³-hybridized carbons (Fsp3) is 0.889. The molecule has 152 valence electrons. The van der Waals surface area contributed by atoms with Gasteiger partial charge in [-0.1, -0.05) is 0 Å². The fourth-order valence-corrected chi connectivity index (χ4v) is 3.04. The number of carbonyl (C=O) groups excluding carboxylic acids is 1. The van der Waals surface area contributed by atoms with Crippen LogP contribution in [-0.4, -0.2) is 74.4 Å². The average molecular weight is 482 g/mol. The first-order chi connectivity index (χ1) is 12.1. The summed E-state index contributed by atoms with van der Waals surface area (Å²) in [5.41, 5.74) is 0. The molecule has 1 atom stereocenters. The topological polar surface area (TPSA) is 86.2 Å². The Morgan fingerprint density at radius 2 is 1.96 bits per heavy atom. The summed E-state index contributed by atoms with van der Waals surface area (Å²) >= 11 is 0. The molecule has 1 aliphatic carbocycles. The van der Waals surface area contributed by atoms with Crippen molar-refractivity contribution in [1.29, 1.82) is 0 Å². The van der Waals surface area contributed by atoms with Crippen molar-refractivity contribution in [1.82, 2.24) is 15.5 Å². The van der Waals surface area contributed by atoms with Gasteiger partial charge in [-0.25, -0.2) is 0 Å². The molecule has 8 heteroatoms. The third-order valence-corrected chi connectivity index (χ3v) is 4.81. The van der Waals surface area contributed by atoms with E-state index < -0.39 is 6.10 Å². The molecule has 26 heavy (non-hydrogen) atoms. The van der Waals surface area contributed by atoms with Crippen molar-refractivity contribution < 1.29 is 14.6 Å². The smallest absolute Gasteiger partial charge is 0.220 e. The molecular formula is C18H35IN4O3. The van der Waals surface area contributed by atoms with Crippen molar-refractivity contribution in [3.63, 3.8) is 0 Å². The van der Waals surface area contributed by atoms with E-state index in [1.54, 1.807) is 7.05 Å². The highest BCUT2D eigenvalue weighted by atomic mass is 127. The molecule has 3 N–H and O–H groups in total. The van der Waals surface area contributed by atoms with Crippen LogP contribution in [-0.2, 0) is 9.53 Å². The third-order valence-electron chi connectivity index (χ3n) is 4.81. The molecule has 2 fully saturated rings. The van der Waals surface area contributed by atoms with E-state index in [4.69, 9.17) is 4.74 Å². The Hall–Kier alpha value is -0.610. The van der Waals surface area contributed by atoms with Gasteiger partial charge in [-0.15, -0.1) is 24.0 Å². The highest BCUT2D eigenvalue weighted by molar-refractivity contribution is 14.0. The van der Waals surface area contributed by atoms with Crippen LogP contribution in [0.2, 0.25) is 0 Å². The van der Waals surface area contributed by atoms with Crippen molar-refractivity contribution in [3.05, 3.63) is 0 Å². The van der Waals surface area contributed by atoms with E-state index in [0.29, 0.717) is 31.4 Å². The molecule has 0 spiro atoms. The van der Waals surface area contributed by atoms with E-state index in [-0.39, 0.29) is 29.9 Å². The molecule has 0 aromatic carbocycles. The van der Waals surface area contributed by atoms with E-state index in [1.807, 2.05) is 6.92 Å². The van der Waals surface area contributed by atoms with E-state index in [9.17, 15) is 9.90 Å². The molecule has 0 bridgehead atoms. The Bertz CT molecular complexity index is 438. The Morgan fingerprint density at radius 3 is 2.54 bits per heavy atom. The highest BCUT2D eigenvalue weighted by Gasteiger charge is 2.24. The largest absolute Gasteiger partial charge is 0.389 e. The van der Waals surface area contributed by atoms with Crippen LogP contribution in [0.1, 0.15) is 39.0 Å². The summed E-state index contributed by atoms with van der Waals surface area (Å²) in [5.74, 6) is 2.13. The zero-order valence-corrected chi connectivity index (χ0v) is 18.4. The number of likely N-dealkylation sites (tertiary alicyclic amines) is 1. The molecule has 2 rings (SSSR count). The van der Waals surface area contributed by atoms with Crippen LogP contribution in [0.25, 0.3) is 0 Å². The number of aliphatic hydroxyl groups is 1. The first kappa shape index (κ1) is 23.4. The number of nitrogens with zero attached hydrogens (tertiary/aromatic N) is 2. The maximum atomic E-state index is 11.5. The number of guanidine groups is 1. The fourth-order valence-electron chi connectivity index (χ4n) is 3.04. The van der Waals surface area contributed by atoms with Gasteiger partial charge in [0.15, 0.2) is 5.96 Å². The monoisotopic (exact) mass is 482 g/mol. The first-order valence-electron chi connectivity index (χ1n) is 9.62. The number of hydrogen-bond acceptors (Lipinski definition) is 4. The van der Waals surface area contributed by atoms with E-state index in [1.165, 1.54) is 12.8 Å². The number of hydrogen-bond donors (Lipinski definition) is 3. The van der Waals surface area contributed by atoms with Gasteiger partial charge in [-0.3, -0.25) is 9.79 Å².